The number of nitrogens with one attached hydrogen (secondary N) is 1. The van der Waals surface area contributed by atoms with Crippen LogP contribution in [0.4, 0.5) is 5.13 Å². The number of hydrogen-bond acceptors (Lipinski definition) is 6. The number of hydrogen-bond donors (Lipinski definition) is 1. The monoisotopic (exact) mass is 252 g/mol. The molecule has 0 aliphatic carbocycles. The van der Waals surface area contributed by atoms with Crippen molar-refractivity contribution >= 4 is 16.7 Å². The Hall–Kier alpha value is -1.43. The van der Waals surface area contributed by atoms with E-state index in [1.54, 1.807) is 6.20 Å². The van der Waals surface area contributed by atoms with E-state index in [0.717, 1.165) is 16.7 Å². The quantitative estimate of drug-likeness (QED) is 0.910. The molecule has 1 N–H and O–H groups in total. The van der Waals surface area contributed by atoms with Gasteiger partial charge in [-0.3, -0.25) is 0 Å². The van der Waals surface area contributed by atoms with Crippen molar-refractivity contribution in [3.63, 3.8) is 0 Å². The second-order valence-electron chi connectivity index (χ2n) is 4.87. The highest BCUT2D eigenvalue weighted by Crippen LogP contribution is 2.23. The molecule has 0 aliphatic heterocycles. The van der Waals surface area contributed by atoms with Gasteiger partial charge >= 0.3 is 0 Å². The third kappa shape index (κ3) is 3.03. The lowest BCUT2D eigenvalue weighted by Gasteiger charge is -2.13. The molecule has 0 radical (unpaired) electrons. The molecular formula is C11H16N4OS. The molecule has 92 valence electrons. The molecule has 0 fully saturated rings. The number of oxazole rings is 1. The minimum absolute atomic E-state index is 0.00935. The number of aromatic nitrogens is 3. The molecule has 0 saturated carbocycles. The van der Waals surface area contributed by atoms with Crippen LogP contribution >= 0.6 is 11.5 Å². The molecule has 5 nitrogen and oxygen atoms in total. The topological polar surface area (TPSA) is 63.8 Å². The third-order valence-corrected chi connectivity index (χ3v) is 2.98. The van der Waals surface area contributed by atoms with Gasteiger partial charge in [0.15, 0.2) is 0 Å². The molecule has 2 aromatic rings. The first kappa shape index (κ1) is 12.0. The highest BCUT2D eigenvalue weighted by Gasteiger charge is 2.19. The van der Waals surface area contributed by atoms with E-state index < -0.39 is 0 Å². The summed E-state index contributed by atoms with van der Waals surface area (Å²) in [6, 6.07) is 0. The molecule has 0 aliphatic rings. The van der Waals surface area contributed by atoms with Crippen molar-refractivity contribution < 1.29 is 4.42 Å². The third-order valence-electron chi connectivity index (χ3n) is 2.21. The van der Waals surface area contributed by atoms with Gasteiger partial charge in [0.2, 0.25) is 11.0 Å². The second kappa shape index (κ2) is 4.44. The van der Waals surface area contributed by atoms with Crippen molar-refractivity contribution in [3.8, 4) is 0 Å². The van der Waals surface area contributed by atoms with Crippen LogP contribution in [-0.2, 0) is 12.0 Å². The summed E-state index contributed by atoms with van der Waals surface area (Å²) < 4.78 is 9.75. The number of anilines is 1. The zero-order valence-electron chi connectivity index (χ0n) is 10.4. The van der Waals surface area contributed by atoms with Crippen LogP contribution in [0.15, 0.2) is 10.6 Å². The van der Waals surface area contributed by atoms with Gasteiger partial charge in [0, 0.05) is 16.9 Å². The summed E-state index contributed by atoms with van der Waals surface area (Å²) >= 11 is 1.34. The molecule has 0 bridgehead atoms. The fourth-order valence-electron chi connectivity index (χ4n) is 1.26. The van der Waals surface area contributed by atoms with E-state index in [2.05, 4.69) is 40.4 Å². The van der Waals surface area contributed by atoms with E-state index in [4.69, 9.17) is 4.42 Å². The van der Waals surface area contributed by atoms with Gasteiger partial charge in [0.05, 0.1) is 12.7 Å². The summed E-state index contributed by atoms with van der Waals surface area (Å²) in [5.74, 6) is 2.34. The van der Waals surface area contributed by atoms with E-state index >= 15 is 0 Å². The summed E-state index contributed by atoms with van der Waals surface area (Å²) in [6.45, 7) is 8.69. The van der Waals surface area contributed by atoms with Crippen molar-refractivity contribution in [1.29, 1.82) is 0 Å². The molecule has 0 atom stereocenters. The van der Waals surface area contributed by atoms with Crippen LogP contribution in [0.5, 0.6) is 0 Å². The summed E-state index contributed by atoms with van der Waals surface area (Å²) in [6.07, 6.45) is 1.78. The van der Waals surface area contributed by atoms with Crippen LogP contribution < -0.4 is 5.32 Å². The van der Waals surface area contributed by atoms with Gasteiger partial charge in [-0.15, -0.1) is 0 Å². The molecule has 0 aromatic carbocycles. The molecule has 2 heterocycles. The Morgan fingerprint density at radius 2 is 2.18 bits per heavy atom. The molecule has 0 saturated heterocycles. The van der Waals surface area contributed by atoms with Crippen LogP contribution in [0, 0.1) is 6.92 Å². The van der Waals surface area contributed by atoms with E-state index in [1.165, 1.54) is 11.5 Å². The number of rotatable bonds is 3. The Morgan fingerprint density at radius 1 is 1.41 bits per heavy atom. The summed E-state index contributed by atoms with van der Waals surface area (Å²) in [4.78, 5) is 8.44. The molecule has 0 amide bonds. The van der Waals surface area contributed by atoms with Gasteiger partial charge in [-0.05, 0) is 6.92 Å². The van der Waals surface area contributed by atoms with E-state index in [0.29, 0.717) is 12.4 Å². The average molecular weight is 252 g/mol. The highest BCUT2D eigenvalue weighted by atomic mass is 32.1. The van der Waals surface area contributed by atoms with Gasteiger partial charge in [0.1, 0.15) is 11.6 Å². The number of nitrogens with zero attached hydrogens (tertiary/aromatic N) is 3. The molecular weight excluding hydrogens is 236 g/mol. The van der Waals surface area contributed by atoms with Crippen LogP contribution in [0.3, 0.4) is 0 Å². The zero-order chi connectivity index (χ0) is 12.5. The van der Waals surface area contributed by atoms with Crippen LogP contribution in [0.2, 0.25) is 0 Å². The van der Waals surface area contributed by atoms with E-state index in [1.807, 2.05) is 6.92 Å². The van der Waals surface area contributed by atoms with E-state index in [9.17, 15) is 0 Å². The van der Waals surface area contributed by atoms with Crippen molar-refractivity contribution in [2.45, 2.75) is 39.7 Å². The normalized spacial score (nSPS) is 11.8. The summed E-state index contributed by atoms with van der Waals surface area (Å²) in [7, 11) is 0. The van der Waals surface area contributed by atoms with Crippen molar-refractivity contribution in [2.24, 2.45) is 0 Å². The maximum atomic E-state index is 5.66. The first-order chi connectivity index (χ1) is 7.95. The Balaban J connectivity index is 1.98. The number of aryl methyl sites for hydroxylation is 1. The van der Waals surface area contributed by atoms with Gasteiger partial charge in [-0.1, -0.05) is 20.8 Å². The van der Waals surface area contributed by atoms with Crippen molar-refractivity contribution in [3.05, 3.63) is 23.7 Å². The van der Waals surface area contributed by atoms with Crippen molar-refractivity contribution in [1.82, 2.24) is 14.3 Å². The maximum absolute atomic E-state index is 5.66. The molecule has 2 aromatic heterocycles. The summed E-state index contributed by atoms with van der Waals surface area (Å²) in [5.41, 5.74) is -0.00935. The summed E-state index contributed by atoms with van der Waals surface area (Å²) in [5, 5.41) is 3.93. The van der Waals surface area contributed by atoms with Crippen molar-refractivity contribution in [2.75, 3.05) is 5.32 Å². The largest absolute Gasteiger partial charge is 0.443 e. The van der Waals surface area contributed by atoms with Crippen LogP contribution in [0.1, 0.15) is 38.2 Å². The fraction of sp³-hybridized carbons (Fsp3) is 0.545. The predicted octanol–water partition coefficient (Wildman–Crippen LogP) is 2.74. The fourth-order valence-corrected chi connectivity index (χ4v) is 1.83. The smallest absolute Gasteiger partial charge is 0.213 e. The first-order valence-electron chi connectivity index (χ1n) is 5.44. The second-order valence-corrected chi connectivity index (χ2v) is 5.62. The lowest BCUT2D eigenvalue weighted by Crippen LogP contribution is -2.09. The molecule has 0 spiro atoms. The highest BCUT2D eigenvalue weighted by molar-refractivity contribution is 7.09. The Bertz CT molecular complexity index is 498. The predicted molar refractivity (Wildman–Crippen MR) is 67.2 cm³/mol. The van der Waals surface area contributed by atoms with Crippen LogP contribution in [0.25, 0.3) is 0 Å². The standard InChI is InChI=1S/C11H16N4OS/c1-7-14-10(17-15-7)13-6-9-12-5-8(16-9)11(2,3)4/h5H,6H2,1-4H3,(H,13,14,15). The first-order valence-corrected chi connectivity index (χ1v) is 6.22. The van der Waals surface area contributed by atoms with Gasteiger partial charge < -0.3 is 9.73 Å². The lowest BCUT2D eigenvalue weighted by molar-refractivity contribution is 0.385. The molecule has 17 heavy (non-hydrogen) atoms. The van der Waals surface area contributed by atoms with Gasteiger partial charge in [0.25, 0.3) is 0 Å². The average Bonchev–Trinajstić information content (AvgIpc) is 2.82. The van der Waals surface area contributed by atoms with Crippen LogP contribution in [-0.4, -0.2) is 14.3 Å². The Morgan fingerprint density at radius 3 is 2.71 bits per heavy atom. The van der Waals surface area contributed by atoms with Gasteiger partial charge in [-0.25, -0.2) is 9.97 Å². The Kier molecular flexibility index (Phi) is 3.15. The minimum atomic E-state index is -0.00935. The minimum Gasteiger partial charge on any atom is -0.443 e. The van der Waals surface area contributed by atoms with E-state index in [-0.39, 0.29) is 5.41 Å². The Labute approximate surface area is 104 Å². The molecule has 0 unspecified atom stereocenters. The molecule has 2 rings (SSSR count). The zero-order valence-corrected chi connectivity index (χ0v) is 11.3. The maximum Gasteiger partial charge on any atom is 0.213 e. The lowest BCUT2D eigenvalue weighted by atomic mass is 9.94. The molecule has 6 heteroatoms. The van der Waals surface area contributed by atoms with Gasteiger partial charge in [-0.2, -0.15) is 4.37 Å². The SMILES string of the molecule is Cc1nsc(NCc2ncc(C(C)(C)C)o2)n1.